The topological polar surface area (TPSA) is 82.9 Å². The van der Waals surface area contributed by atoms with Crippen molar-refractivity contribution >= 4 is 40.1 Å². The number of para-hydroxylation sites is 1. The van der Waals surface area contributed by atoms with Gasteiger partial charge in [0.2, 0.25) is 11.8 Å². The number of rotatable bonds is 5. The molecule has 1 aliphatic heterocycles. The van der Waals surface area contributed by atoms with Gasteiger partial charge in [0, 0.05) is 6.42 Å². The molecule has 0 unspecified atom stereocenters. The minimum Gasteiger partial charge on any atom is -0.325 e. The maximum Gasteiger partial charge on any atom is 0.418 e. The summed E-state index contributed by atoms with van der Waals surface area (Å²) in [5.41, 5.74) is -0.233. The molecule has 1 aliphatic rings. The number of nitrogens with zero attached hydrogens (tertiary/aromatic N) is 2. The molecule has 0 bridgehead atoms. The van der Waals surface area contributed by atoms with Crippen molar-refractivity contribution in [2.75, 3.05) is 5.32 Å². The van der Waals surface area contributed by atoms with E-state index >= 15 is 0 Å². The number of nitrogens with one attached hydrogen (secondary N) is 2. The van der Waals surface area contributed by atoms with Gasteiger partial charge in [-0.05, 0) is 36.8 Å². The van der Waals surface area contributed by atoms with E-state index in [1.54, 1.807) is 6.92 Å². The Morgan fingerprint density at radius 2 is 1.84 bits per heavy atom. The lowest BCUT2D eigenvalue weighted by Gasteiger charge is -2.14. The van der Waals surface area contributed by atoms with Gasteiger partial charge in [-0.25, -0.2) is 4.39 Å². The highest BCUT2D eigenvalue weighted by Gasteiger charge is 2.35. The summed E-state index contributed by atoms with van der Waals surface area (Å²) in [6.45, 7) is 1.65. The van der Waals surface area contributed by atoms with Crippen LogP contribution in [0.4, 0.5) is 23.2 Å². The molecule has 1 fully saturated rings. The molecular formula is C20H16F4N4O2S. The van der Waals surface area contributed by atoms with Gasteiger partial charge in [-0.1, -0.05) is 36.0 Å². The van der Waals surface area contributed by atoms with Crippen molar-refractivity contribution in [2.45, 2.75) is 24.8 Å². The molecule has 162 valence electrons. The number of anilines is 1. The van der Waals surface area contributed by atoms with Gasteiger partial charge in [0.25, 0.3) is 0 Å². The highest BCUT2D eigenvalue weighted by atomic mass is 32.2. The van der Waals surface area contributed by atoms with Gasteiger partial charge in [-0.15, -0.1) is 5.10 Å². The summed E-state index contributed by atoms with van der Waals surface area (Å²) in [7, 11) is 0. The molecule has 0 aromatic heterocycles. The Bertz CT molecular complexity index is 1050. The highest BCUT2D eigenvalue weighted by Crippen LogP contribution is 2.34. The second-order valence-corrected chi connectivity index (χ2v) is 7.68. The SMILES string of the molecule is C/C(=N/N=C1\NC(=O)[C@@H](CC(=O)Nc2ccccc2C(F)(F)F)S1)c1ccc(F)cc1. The number of carbonyl (C=O) groups is 2. The first kappa shape index (κ1) is 22.5. The molecule has 11 heteroatoms. The summed E-state index contributed by atoms with van der Waals surface area (Å²) < 4.78 is 52.1. The van der Waals surface area contributed by atoms with Crippen molar-refractivity contribution in [3.63, 3.8) is 0 Å². The van der Waals surface area contributed by atoms with Gasteiger partial charge < -0.3 is 10.6 Å². The summed E-state index contributed by atoms with van der Waals surface area (Å²) >= 11 is 0.946. The first-order chi connectivity index (χ1) is 14.6. The van der Waals surface area contributed by atoms with Crippen LogP contribution in [0.25, 0.3) is 0 Å². The average molecular weight is 452 g/mol. The predicted octanol–water partition coefficient (Wildman–Crippen LogP) is 4.18. The number of benzene rings is 2. The van der Waals surface area contributed by atoms with E-state index in [1.807, 2.05) is 0 Å². The van der Waals surface area contributed by atoms with Gasteiger partial charge in [0.15, 0.2) is 5.17 Å². The molecule has 2 N–H and O–H groups in total. The van der Waals surface area contributed by atoms with Crippen molar-refractivity contribution in [3.05, 3.63) is 65.5 Å². The summed E-state index contributed by atoms with van der Waals surface area (Å²) in [5.74, 6) is -1.63. The van der Waals surface area contributed by atoms with Crippen molar-refractivity contribution in [1.29, 1.82) is 0 Å². The number of thioether (sulfide) groups is 1. The van der Waals surface area contributed by atoms with E-state index in [9.17, 15) is 27.2 Å². The third-order valence-corrected chi connectivity index (χ3v) is 5.28. The third kappa shape index (κ3) is 5.91. The van der Waals surface area contributed by atoms with Crippen molar-refractivity contribution in [1.82, 2.24) is 5.32 Å². The third-order valence-electron chi connectivity index (χ3n) is 4.21. The molecule has 0 radical (unpaired) electrons. The van der Waals surface area contributed by atoms with E-state index < -0.39 is 28.8 Å². The zero-order valence-corrected chi connectivity index (χ0v) is 16.9. The molecule has 1 heterocycles. The highest BCUT2D eigenvalue weighted by molar-refractivity contribution is 8.15. The molecule has 2 aromatic rings. The molecule has 1 saturated heterocycles. The minimum absolute atomic E-state index is 0.153. The number of carbonyl (C=O) groups excluding carboxylic acids is 2. The van der Waals surface area contributed by atoms with Crippen LogP contribution in [0.1, 0.15) is 24.5 Å². The molecule has 0 saturated carbocycles. The fraction of sp³-hybridized carbons (Fsp3) is 0.200. The zero-order valence-electron chi connectivity index (χ0n) is 16.0. The molecule has 6 nitrogen and oxygen atoms in total. The Morgan fingerprint density at radius 3 is 2.52 bits per heavy atom. The molecular weight excluding hydrogens is 436 g/mol. The van der Waals surface area contributed by atoms with Gasteiger partial charge in [0.1, 0.15) is 11.1 Å². The van der Waals surface area contributed by atoms with Crippen molar-refractivity contribution < 1.29 is 27.2 Å². The van der Waals surface area contributed by atoms with E-state index in [2.05, 4.69) is 20.8 Å². The Morgan fingerprint density at radius 1 is 1.16 bits per heavy atom. The molecule has 2 aromatic carbocycles. The summed E-state index contributed by atoms with van der Waals surface area (Å²) in [6.07, 6.45) is -4.97. The first-order valence-corrected chi connectivity index (χ1v) is 9.83. The van der Waals surface area contributed by atoms with E-state index in [1.165, 1.54) is 36.4 Å². The van der Waals surface area contributed by atoms with Crippen LogP contribution in [0.2, 0.25) is 0 Å². The second kappa shape index (κ2) is 9.29. The smallest absolute Gasteiger partial charge is 0.325 e. The number of amides is 2. The van der Waals surface area contributed by atoms with E-state index in [0.717, 1.165) is 23.9 Å². The lowest BCUT2D eigenvalue weighted by atomic mass is 10.1. The number of amidine groups is 1. The molecule has 0 spiro atoms. The van der Waals surface area contributed by atoms with Crippen LogP contribution >= 0.6 is 11.8 Å². The number of halogens is 4. The summed E-state index contributed by atoms with van der Waals surface area (Å²) in [5, 5.41) is 11.9. The number of hydrogen-bond acceptors (Lipinski definition) is 5. The largest absolute Gasteiger partial charge is 0.418 e. The summed E-state index contributed by atoms with van der Waals surface area (Å²) in [6, 6.07) is 10.2. The monoisotopic (exact) mass is 452 g/mol. The quantitative estimate of drug-likeness (QED) is 0.406. The van der Waals surface area contributed by atoms with E-state index in [4.69, 9.17) is 0 Å². The standard InChI is InChI=1S/C20H16F4N4O2S/c1-11(12-6-8-13(21)9-7-12)27-28-19-26-18(30)16(31-19)10-17(29)25-15-5-3-2-4-14(15)20(22,23)24/h2-9,16H,10H2,1H3,(H,25,29)(H,26,28,30)/b27-11-/t16-/m1/s1. The zero-order chi connectivity index (χ0) is 22.6. The molecule has 31 heavy (non-hydrogen) atoms. The van der Waals surface area contributed by atoms with Gasteiger partial charge in [-0.3, -0.25) is 9.59 Å². The van der Waals surface area contributed by atoms with Crippen LogP contribution in [0, 0.1) is 5.82 Å². The average Bonchev–Trinajstić information content (AvgIpc) is 3.05. The second-order valence-electron chi connectivity index (χ2n) is 6.49. The lowest BCUT2D eigenvalue weighted by molar-refractivity contribution is -0.137. The fourth-order valence-electron chi connectivity index (χ4n) is 2.66. The van der Waals surface area contributed by atoms with Crippen LogP contribution in [-0.4, -0.2) is 27.9 Å². The van der Waals surface area contributed by atoms with Gasteiger partial charge in [0.05, 0.1) is 17.0 Å². The minimum atomic E-state index is -4.62. The fourth-order valence-corrected chi connectivity index (χ4v) is 3.58. The van der Waals surface area contributed by atoms with Crippen molar-refractivity contribution in [2.24, 2.45) is 10.2 Å². The summed E-state index contributed by atoms with van der Waals surface area (Å²) in [4.78, 5) is 24.3. The molecule has 1 atom stereocenters. The molecule has 3 rings (SSSR count). The number of hydrogen-bond donors (Lipinski definition) is 2. The predicted molar refractivity (Wildman–Crippen MR) is 110 cm³/mol. The van der Waals surface area contributed by atoms with Crippen LogP contribution in [0.5, 0.6) is 0 Å². The van der Waals surface area contributed by atoms with E-state index in [0.29, 0.717) is 11.3 Å². The van der Waals surface area contributed by atoms with Gasteiger partial charge in [-0.2, -0.15) is 18.3 Å². The first-order valence-electron chi connectivity index (χ1n) is 8.95. The number of alkyl halides is 3. The molecule has 0 aliphatic carbocycles. The van der Waals surface area contributed by atoms with Crippen molar-refractivity contribution in [3.8, 4) is 0 Å². The van der Waals surface area contributed by atoms with Gasteiger partial charge >= 0.3 is 6.18 Å². The maximum atomic E-state index is 13.0. The van der Waals surface area contributed by atoms with Crippen LogP contribution in [0.15, 0.2) is 58.7 Å². The Labute approximate surface area is 178 Å². The Hall–Kier alpha value is -3.21. The Balaban J connectivity index is 1.63. The normalized spacial score (nSPS) is 18.2. The van der Waals surface area contributed by atoms with Crippen LogP contribution in [0.3, 0.4) is 0 Å². The van der Waals surface area contributed by atoms with E-state index in [-0.39, 0.29) is 23.1 Å². The van der Waals surface area contributed by atoms with Crippen LogP contribution < -0.4 is 10.6 Å². The molecule has 2 amide bonds. The lowest BCUT2D eigenvalue weighted by Crippen LogP contribution is -2.28. The van der Waals surface area contributed by atoms with Crippen LogP contribution in [-0.2, 0) is 15.8 Å². The Kier molecular flexibility index (Phi) is 6.74. The maximum absolute atomic E-state index is 13.0.